The van der Waals surface area contributed by atoms with Crippen LogP contribution in [0.3, 0.4) is 0 Å². The Morgan fingerprint density at radius 3 is 2.76 bits per heavy atom. The molecular weight excluding hydrogens is 214 g/mol. The van der Waals surface area contributed by atoms with Crippen LogP contribution in [0.2, 0.25) is 0 Å². The van der Waals surface area contributed by atoms with Gasteiger partial charge in [0.05, 0.1) is 0 Å². The minimum absolute atomic E-state index is 0.295. The third-order valence-corrected chi connectivity index (χ3v) is 2.58. The van der Waals surface area contributed by atoms with Gasteiger partial charge in [0.1, 0.15) is 5.75 Å². The van der Waals surface area contributed by atoms with Gasteiger partial charge >= 0.3 is 0 Å². The molecule has 0 unspecified atom stereocenters. The van der Waals surface area contributed by atoms with Crippen molar-refractivity contribution in [2.24, 2.45) is 5.73 Å². The van der Waals surface area contributed by atoms with Gasteiger partial charge in [0.2, 0.25) is 0 Å². The SMILES string of the molecule is NCc1cnccc1NCc1ccccc1O. The number of anilines is 1. The lowest BCUT2D eigenvalue weighted by Gasteiger charge is -2.11. The Morgan fingerprint density at radius 2 is 2.00 bits per heavy atom. The van der Waals surface area contributed by atoms with E-state index in [1.807, 2.05) is 18.2 Å². The molecule has 17 heavy (non-hydrogen) atoms. The summed E-state index contributed by atoms with van der Waals surface area (Å²) < 4.78 is 0. The number of phenolic OH excluding ortho intramolecular Hbond substituents is 1. The highest BCUT2D eigenvalue weighted by atomic mass is 16.3. The summed E-state index contributed by atoms with van der Waals surface area (Å²) in [6, 6.07) is 9.13. The highest BCUT2D eigenvalue weighted by molar-refractivity contribution is 5.50. The van der Waals surface area contributed by atoms with E-state index >= 15 is 0 Å². The predicted molar refractivity (Wildman–Crippen MR) is 67.6 cm³/mol. The van der Waals surface area contributed by atoms with Gasteiger partial charge < -0.3 is 16.2 Å². The van der Waals surface area contributed by atoms with Crippen LogP contribution in [0.5, 0.6) is 5.75 Å². The van der Waals surface area contributed by atoms with Gasteiger partial charge in [-0.2, -0.15) is 0 Å². The lowest BCUT2D eigenvalue weighted by molar-refractivity contribution is 0.469. The second-order valence-corrected chi connectivity index (χ2v) is 3.72. The number of aromatic nitrogens is 1. The van der Waals surface area contributed by atoms with E-state index in [9.17, 15) is 5.11 Å². The topological polar surface area (TPSA) is 71.2 Å². The maximum absolute atomic E-state index is 9.64. The Balaban J connectivity index is 2.10. The molecule has 0 radical (unpaired) electrons. The molecule has 2 aromatic rings. The summed E-state index contributed by atoms with van der Waals surface area (Å²) in [5.41, 5.74) is 8.38. The normalized spacial score (nSPS) is 10.2. The summed E-state index contributed by atoms with van der Waals surface area (Å²) in [7, 11) is 0. The first kappa shape index (κ1) is 11.4. The van der Waals surface area contributed by atoms with Gasteiger partial charge in [0.15, 0.2) is 0 Å². The zero-order chi connectivity index (χ0) is 12.1. The molecule has 0 saturated carbocycles. The van der Waals surface area contributed by atoms with E-state index in [0.29, 0.717) is 18.8 Å². The van der Waals surface area contributed by atoms with Crippen molar-refractivity contribution in [2.45, 2.75) is 13.1 Å². The number of nitrogens with zero attached hydrogens (tertiary/aromatic N) is 1. The molecule has 0 atom stereocenters. The van der Waals surface area contributed by atoms with E-state index in [1.165, 1.54) is 0 Å². The fourth-order valence-corrected chi connectivity index (χ4v) is 1.61. The van der Waals surface area contributed by atoms with Gasteiger partial charge in [-0.1, -0.05) is 18.2 Å². The number of rotatable bonds is 4. The van der Waals surface area contributed by atoms with Crippen molar-refractivity contribution in [1.29, 1.82) is 0 Å². The van der Waals surface area contributed by atoms with E-state index in [1.54, 1.807) is 24.5 Å². The number of pyridine rings is 1. The van der Waals surface area contributed by atoms with Crippen LogP contribution in [0, 0.1) is 0 Å². The summed E-state index contributed by atoms with van der Waals surface area (Å²) in [6.07, 6.45) is 3.46. The van der Waals surface area contributed by atoms with E-state index in [2.05, 4.69) is 10.3 Å². The Morgan fingerprint density at radius 1 is 1.18 bits per heavy atom. The summed E-state index contributed by atoms with van der Waals surface area (Å²) >= 11 is 0. The van der Waals surface area contributed by atoms with Crippen molar-refractivity contribution < 1.29 is 5.11 Å². The fraction of sp³-hybridized carbons (Fsp3) is 0.154. The minimum Gasteiger partial charge on any atom is -0.508 e. The number of hydrogen-bond acceptors (Lipinski definition) is 4. The number of nitrogens with one attached hydrogen (secondary N) is 1. The lowest BCUT2D eigenvalue weighted by Crippen LogP contribution is -2.06. The van der Waals surface area contributed by atoms with Gasteiger partial charge in [0.25, 0.3) is 0 Å². The van der Waals surface area contributed by atoms with Crippen LogP contribution in [-0.4, -0.2) is 10.1 Å². The van der Waals surface area contributed by atoms with Crippen LogP contribution in [0.25, 0.3) is 0 Å². The number of aromatic hydroxyl groups is 1. The van der Waals surface area contributed by atoms with Crippen LogP contribution in [-0.2, 0) is 13.1 Å². The number of phenols is 1. The highest BCUT2D eigenvalue weighted by Crippen LogP contribution is 2.19. The molecule has 0 aliphatic rings. The molecule has 1 heterocycles. The van der Waals surface area contributed by atoms with Gasteiger partial charge in [-0.3, -0.25) is 4.98 Å². The van der Waals surface area contributed by atoms with Crippen molar-refractivity contribution in [2.75, 3.05) is 5.32 Å². The molecule has 0 aliphatic heterocycles. The Bertz CT molecular complexity index is 500. The molecule has 88 valence electrons. The van der Waals surface area contributed by atoms with Gasteiger partial charge in [-0.15, -0.1) is 0 Å². The first-order valence-corrected chi connectivity index (χ1v) is 5.45. The largest absolute Gasteiger partial charge is 0.508 e. The third kappa shape index (κ3) is 2.73. The van der Waals surface area contributed by atoms with Gasteiger partial charge in [-0.05, 0) is 12.1 Å². The molecule has 2 rings (SSSR count). The van der Waals surface area contributed by atoms with E-state index in [0.717, 1.165) is 16.8 Å². The Hall–Kier alpha value is -2.07. The fourth-order valence-electron chi connectivity index (χ4n) is 1.61. The number of nitrogens with two attached hydrogens (primary N) is 1. The zero-order valence-electron chi connectivity index (χ0n) is 9.43. The maximum atomic E-state index is 9.64. The molecule has 1 aromatic heterocycles. The van der Waals surface area contributed by atoms with Crippen molar-refractivity contribution in [1.82, 2.24) is 4.98 Å². The molecule has 0 aliphatic carbocycles. The van der Waals surface area contributed by atoms with Crippen LogP contribution in [0.1, 0.15) is 11.1 Å². The van der Waals surface area contributed by atoms with Crippen LogP contribution in [0.4, 0.5) is 5.69 Å². The van der Waals surface area contributed by atoms with E-state index < -0.39 is 0 Å². The molecule has 0 fully saturated rings. The first-order chi connectivity index (χ1) is 8.31. The standard InChI is InChI=1S/C13H15N3O/c14-7-11-8-15-6-5-12(11)16-9-10-3-1-2-4-13(10)17/h1-6,8,17H,7,9,14H2,(H,15,16). The maximum Gasteiger partial charge on any atom is 0.120 e. The number of benzene rings is 1. The average molecular weight is 229 g/mol. The third-order valence-electron chi connectivity index (χ3n) is 2.58. The molecule has 4 N–H and O–H groups in total. The monoisotopic (exact) mass is 229 g/mol. The van der Waals surface area contributed by atoms with Crippen LogP contribution < -0.4 is 11.1 Å². The lowest BCUT2D eigenvalue weighted by atomic mass is 10.2. The van der Waals surface area contributed by atoms with E-state index in [-0.39, 0.29) is 0 Å². The van der Waals surface area contributed by atoms with Crippen LogP contribution in [0.15, 0.2) is 42.7 Å². The van der Waals surface area contributed by atoms with Crippen LogP contribution >= 0.6 is 0 Å². The molecule has 4 nitrogen and oxygen atoms in total. The molecule has 0 amide bonds. The zero-order valence-corrected chi connectivity index (χ0v) is 9.43. The first-order valence-electron chi connectivity index (χ1n) is 5.45. The Labute approximate surface area is 100 Å². The second kappa shape index (κ2) is 5.32. The summed E-state index contributed by atoms with van der Waals surface area (Å²) in [5.74, 6) is 0.295. The number of para-hydroxylation sites is 1. The van der Waals surface area contributed by atoms with Crippen molar-refractivity contribution >= 4 is 5.69 Å². The van der Waals surface area contributed by atoms with Gasteiger partial charge in [-0.25, -0.2) is 0 Å². The van der Waals surface area contributed by atoms with Gasteiger partial charge in [0, 0.05) is 42.3 Å². The molecule has 0 saturated heterocycles. The molecular formula is C13H15N3O. The number of hydrogen-bond donors (Lipinski definition) is 3. The molecule has 0 bridgehead atoms. The minimum atomic E-state index is 0.295. The summed E-state index contributed by atoms with van der Waals surface area (Å²) in [4.78, 5) is 4.02. The highest BCUT2D eigenvalue weighted by Gasteiger charge is 2.02. The molecule has 1 aromatic carbocycles. The average Bonchev–Trinajstić information content (AvgIpc) is 2.38. The van der Waals surface area contributed by atoms with Crippen molar-refractivity contribution in [3.8, 4) is 5.75 Å². The summed E-state index contributed by atoms with van der Waals surface area (Å²) in [5, 5.41) is 12.9. The molecule has 0 spiro atoms. The van der Waals surface area contributed by atoms with Crippen molar-refractivity contribution in [3.63, 3.8) is 0 Å². The summed E-state index contributed by atoms with van der Waals surface area (Å²) in [6.45, 7) is 1.00. The second-order valence-electron chi connectivity index (χ2n) is 3.72. The van der Waals surface area contributed by atoms with Crippen molar-refractivity contribution in [3.05, 3.63) is 53.9 Å². The molecule has 4 heteroatoms. The predicted octanol–water partition coefficient (Wildman–Crippen LogP) is 1.86. The smallest absolute Gasteiger partial charge is 0.120 e. The quantitative estimate of drug-likeness (QED) is 0.748. The van der Waals surface area contributed by atoms with E-state index in [4.69, 9.17) is 5.73 Å². The Kier molecular flexibility index (Phi) is 3.57.